The van der Waals surface area contributed by atoms with E-state index in [9.17, 15) is 14.7 Å². The molecule has 0 aromatic heterocycles. The van der Waals surface area contributed by atoms with Gasteiger partial charge < -0.3 is 29.2 Å². The predicted molar refractivity (Wildman–Crippen MR) is 150 cm³/mol. The Morgan fingerprint density at radius 1 is 0.897 bits per heavy atom. The van der Waals surface area contributed by atoms with Crippen LogP contribution in [0, 0.1) is 35.5 Å². The number of aliphatic hydroxyl groups is 2. The topological polar surface area (TPSA) is 112 Å². The summed E-state index contributed by atoms with van der Waals surface area (Å²) in [5, 5.41) is 18.7. The van der Waals surface area contributed by atoms with Crippen LogP contribution in [0.4, 0.5) is 0 Å². The first kappa shape index (κ1) is 34.0. The summed E-state index contributed by atoms with van der Waals surface area (Å²) in [6.45, 7) is 19.4. The smallest absolute Gasteiger partial charge is 0.340 e. The zero-order chi connectivity index (χ0) is 29.8. The van der Waals surface area contributed by atoms with Crippen molar-refractivity contribution < 1.29 is 38.7 Å². The van der Waals surface area contributed by atoms with Crippen LogP contribution in [0.25, 0.3) is 0 Å². The van der Waals surface area contributed by atoms with E-state index in [1.807, 2.05) is 13.8 Å². The maximum absolute atomic E-state index is 12.6. The maximum atomic E-state index is 12.6. The minimum atomic E-state index is -1.79. The highest BCUT2D eigenvalue weighted by Crippen LogP contribution is 2.38. The van der Waals surface area contributed by atoms with Crippen LogP contribution in [0.1, 0.15) is 108 Å². The van der Waals surface area contributed by atoms with Gasteiger partial charge in [-0.25, -0.2) is 9.59 Å². The third-order valence-corrected chi connectivity index (χ3v) is 8.79. The average Bonchev–Trinajstić information content (AvgIpc) is 3.12. The molecule has 3 fully saturated rings. The molecule has 0 spiro atoms. The van der Waals surface area contributed by atoms with Crippen LogP contribution < -0.4 is 0 Å². The number of aliphatic hydroxyl groups excluding tert-OH is 1. The van der Waals surface area contributed by atoms with Crippen molar-refractivity contribution in [2.24, 2.45) is 35.5 Å². The summed E-state index contributed by atoms with van der Waals surface area (Å²) >= 11 is 0. The molecular weight excluding hydrogens is 500 g/mol. The third kappa shape index (κ3) is 9.40. The predicted octanol–water partition coefficient (Wildman–Crippen LogP) is 5.27. The second kappa shape index (κ2) is 13.6. The normalized spacial score (nSPS) is 36.1. The van der Waals surface area contributed by atoms with E-state index in [1.165, 1.54) is 13.3 Å². The molecule has 0 radical (unpaired) electrons. The molecule has 39 heavy (non-hydrogen) atoms. The molecule has 0 aromatic rings. The minimum Gasteiger partial charge on any atom is -0.460 e. The second-order valence-electron chi connectivity index (χ2n) is 14.0. The lowest BCUT2D eigenvalue weighted by molar-refractivity contribution is -0.195. The monoisotopic (exact) mass is 556 g/mol. The first-order valence-electron chi connectivity index (χ1n) is 15.0. The van der Waals surface area contributed by atoms with Gasteiger partial charge in [0.05, 0.1) is 13.2 Å². The fraction of sp³-hybridized carbons (Fsp3) is 0.935. The third-order valence-electron chi connectivity index (χ3n) is 8.79. The number of esters is 2. The number of carbonyl (C=O) groups excluding carboxylic acids is 2. The van der Waals surface area contributed by atoms with Crippen LogP contribution in [-0.4, -0.2) is 64.6 Å². The molecule has 8 nitrogen and oxygen atoms in total. The lowest BCUT2D eigenvalue weighted by Gasteiger charge is -2.38. The standard InChI is InChI=1S/C17H30O4.C14H26O4/c1-11(2)13-8-7-12(3)9-14(13)20-15(18)17(6)10-19-16(4,5)21-17;1-9(2)11-6-5-10(3)7-12(11)18-13(16)14(4,17)8-15/h11-14H,7-10H2,1-6H3;9-12,15,17H,5-8H2,1-4H3/t12-,13+,14-,17?;10-,11+,12-,14?/m11/s1. The molecule has 1 aliphatic heterocycles. The molecule has 1 saturated heterocycles. The van der Waals surface area contributed by atoms with Gasteiger partial charge in [0.2, 0.25) is 0 Å². The van der Waals surface area contributed by atoms with Crippen molar-refractivity contribution in [3.05, 3.63) is 0 Å². The summed E-state index contributed by atoms with van der Waals surface area (Å²) in [5.41, 5.74) is -2.77. The lowest BCUT2D eigenvalue weighted by Crippen LogP contribution is -2.45. The quantitative estimate of drug-likeness (QED) is 0.408. The first-order valence-corrected chi connectivity index (χ1v) is 15.0. The molecule has 8 heteroatoms. The summed E-state index contributed by atoms with van der Waals surface area (Å²) in [7, 11) is 0. The minimum absolute atomic E-state index is 0.00499. The Morgan fingerprint density at radius 3 is 1.74 bits per heavy atom. The van der Waals surface area contributed by atoms with E-state index in [1.54, 1.807) is 6.92 Å². The summed E-state index contributed by atoms with van der Waals surface area (Å²) in [6.07, 6.45) is 6.23. The molecule has 3 aliphatic rings. The molecule has 0 aromatic carbocycles. The van der Waals surface area contributed by atoms with E-state index in [0.29, 0.717) is 35.5 Å². The first-order chi connectivity index (χ1) is 17.9. The van der Waals surface area contributed by atoms with Gasteiger partial charge in [0, 0.05) is 0 Å². The van der Waals surface area contributed by atoms with Crippen molar-refractivity contribution >= 4 is 11.9 Å². The largest absolute Gasteiger partial charge is 0.460 e. The molecule has 2 saturated carbocycles. The summed E-state index contributed by atoms with van der Waals surface area (Å²) in [4.78, 5) is 24.4. The van der Waals surface area contributed by atoms with Crippen molar-refractivity contribution in [1.29, 1.82) is 0 Å². The van der Waals surface area contributed by atoms with Crippen LogP contribution in [0.15, 0.2) is 0 Å². The van der Waals surface area contributed by atoms with Crippen molar-refractivity contribution in [2.45, 2.75) is 137 Å². The zero-order valence-electron chi connectivity index (χ0n) is 26.1. The average molecular weight is 557 g/mol. The van der Waals surface area contributed by atoms with Crippen LogP contribution >= 0.6 is 0 Å². The van der Waals surface area contributed by atoms with Gasteiger partial charge in [-0.05, 0) is 88.9 Å². The van der Waals surface area contributed by atoms with Crippen molar-refractivity contribution in [3.63, 3.8) is 0 Å². The van der Waals surface area contributed by atoms with E-state index in [4.69, 9.17) is 24.1 Å². The van der Waals surface area contributed by atoms with Crippen molar-refractivity contribution in [1.82, 2.24) is 0 Å². The molecule has 0 amide bonds. The van der Waals surface area contributed by atoms with Gasteiger partial charge in [-0.1, -0.05) is 54.4 Å². The van der Waals surface area contributed by atoms with Crippen LogP contribution in [-0.2, 0) is 28.5 Å². The Kier molecular flexibility index (Phi) is 11.9. The van der Waals surface area contributed by atoms with Crippen molar-refractivity contribution in [3.8, 4) is 0 Å². The zero-order valence-corrected chi connectivity index (χ0v) is 26.1. The van der Waals surface area contributed by atoms with Crippen LogP contribution in [0.5, 0.6) is 0 Å². The molecule has 1 heterocycles. The van der Waals surface area contributed by atoms with Gasteiger partial charge in [0.25, 0.3) is 0 Å². The van der Waals surface area contributed by atoms with E-state index >= 15 is 0 Å². The Labute approximate surface area is 236 Å². The van der Waals surface area contributed by atoms with Gasteiger partial charge in [0.1, 0.15) is 12.2 Å². The second-order valence-corrected chi connectivity index (χ2v) is 14.0. The Balaban J connectivity index is 0.000000277. The summed E-state index contributed by atoms with van der Waals surface area (Å²) in [6, 6.07) is 0. The summed E-state index contributed by atoms with van der Waals surface area (Å²) in [5.74, 6) is 1.22. The van der Waals surface area contributed by atoms with Crippen molar-refractivity contribution in [2.75, 3.05) is 13.2 Å². The molecule has 8 atom stereocenters. The molecule has 2 aliphatic carbocycles. The SMILES string of the molecule is CC(C)[C@@H]1CC[C@@H](C)C[C@H]1OC(=O)C(C)(O)CO.CC(C)[C@@H]1CC[C@@H](C)C[C@H]1OC(=O)C1(C)COC(C)(C)O1. The number of rotatable bonds is 7. The Morgan fingerprint density at radius 2 is 1.36 bits per heavy atom. The van der Waals surface area contributed by atoms with E-state index in [0.717, 1.165) is 32.1 Å². The molecule has 228 valence electrons. The van der Waals surface area contributed by atoms with Gasteiger partial charge in [-0.15, -0.1) is 0 Å². The molecular formula is C31H56O8. The fourth-order valence-corrected chi connectivity index (χ4v) is 6.11. The Hall–Kier alpha value is -1.22. The van der Waals surface area contributed by atoms with E-state index in [2.05, 4.69) is 41.5 Å². The number of ether oxygens (including phenoxy) is 4. The lowest BCUT2D eigenvalue weighted by atomic mass is 9.75. The van der Waals surface area contributed by atoms with Crippen LogP contribution in [0.2, 0.25) is 0 Å². The van der Waals surface area contributed by atoms with Crippen LogP contribution in [0.3, 0.4) is 0 Å². The van der Waals surface area contributed by atoms with E-state index < -0.39 is 29.6 Å². The van der Waals surface area contributed by atoms with Gasteiger partial charge in [0.15, 0.2) is 17.0 Å². The number of carbonyl (C=O) groups is 2. The molecule has 0 bridgehead atoms. The number of hydrogen-bond acceptors (Lipinski definition) is 8. The molecule has 2 unspecified atom stereocenters. The molecule has 2 N–H and O–H groups in total. The van der Waals surface area contributed by atoms with E-state index in [-0.39, 0.29) is 24.8 Å². The highest BCUT2D eigenvalue weighted by molar-refractivity contribution is 5.80. The van der Waals surface area contributed by atoms with Gasteiger partial charge in [-0.3, -0.25) is 0 Å². The van der Waals surface area contributed by atoms with Gasteiger partial charge >= 0.3 is 11.9 Å². The fourth-order valence-electron chi connectivity index (χ4n) is 6.11. The number of hydrogen-bond donors (Lipinski definition) is 2. The highest BCUT2D eigenvalue weighted by Gasteiger charge is 2.50. The molecule has 3 rings (SSSR count). The summed E-state index contributed by atoms with van der Waals surface area (Å²) < 4.78 is 22.6. The maximum Gasteiger partial charge on any atom is 0.340 e. The van der Waals surface area contributed by atoms with Gasteiger partial charge in [-0.2, -0.15) is 0 Å². The Bertz CT molecular complexity index is 806. The highest BCUT2D eigenvalue weighted by atomic mass is 16.8.